The number of rotatable bonds is 3. The van der Waals surface area contributed by atoms with Crippen molar-refractivity contribution in [3.05, 3.63) is 59.1 Å². The fraction of sp³-hybridized carbons (Fsp3) is 0.133. The molecular weight excluding hydrogens is 274 g/mol. The number of benzene rings is 2. The predicted molar refractivity (Wildman–Crippen MR) is 82.9 cm³/mol. The van der Waals surface area contributed by atoms with Crippen LogP contribution in [0.3, 0.4) is 0 Å². The summed E-state index contributed by atoms with van der Waals surface area (Å²) < 4.78 is 0. The van der Waals surface area contributed by atoms with E-state index in [1.165, 1.54) is 0 Å². The average molecular weight is 290 g/mol. The van der Waals surface area contributed by atoms with Gasteiger partial charge in [-0.1, -0.05) is 23.7 Å². The van der Waals surface area contributed by atoms with Crippen molar-refractivity contribution in [2.24, 2.45) is 0 Å². The van der Waals surface area contributed by atoms with Crippen molar-refractivity contribution in [1.29, 1.82) is 0 Å². The molecule has 0 heterocycles. The van der Waals surface area contributed by atoms with Crippen LogP contribution in [0.5, 0.6) is 0 Å². The molecule has 20 heavy (non-hydrogen) atoms. The Morgan fingerprint density at radius 1 is 1.10 bits per heavy atom. The van der Waals surface area contributed by atoms with E-state index in [4.69, 9.17) is 17.3 Å². The van der Waals surface area contributed by atoms with Crippen LogP contribution >= 0.6 is 11.6 Å². The lowest BCUT2D eigenvalue weighted by Crippen LogP contribution is -2.31. The van der Waals surface area contributed by atoms with Gasteiger partial charge in [0.25, 0.3) is 0 Å². The van der Waals surface area contributed by atoms with Crippen molar-refractivity contribution in [3.8, 4) is 0 Å². The first-order chi connectivity index (χ1) is 9.54. The van der Waals surface area contributed by atoms with Crippen LogP contribution in [0, 0.1) is 0 Å². The molecule has 0 radical (unpaired) electrons. The molecule has 2 rings (SSSR count). The van der Waals surface area contributed by atoms with Gasteiger partial charge in [0.2, 0.25) is 0 Å². The Morgan fingerprint density at radius 3 is 2.30 bits per heavy atom. The summed E-state index contributed by atoms with van der Waals surface area (Å²) in [6.07, 6.45) is 0. The number of carbonyl (C=O) groups excluding carboxylic acids is 1. The number of amides is 2. The fourth-order valence-corrected chi connectivity index (χ4v) is 1.89. The monoisotopic (exact) mass is 289 g/mol. The van der Waals surface area contributed by atoms with E-state index in [1.54, 1.807) is 36.4 Å². The minimum absolute atomic E-state index is 0.110. The van der Waals surface area contributed by atoms with Gasteiger partial charge in [0.05, 0.1) is 6.04 Å². The summed E-state index contributed by atoms with van der Waals surface area (Å²) in [7, 11) is 0. The smallest absolute Gasteiger partial charge is 0.319 e. The van der Waals surface area contributed by atoms with Crippen LogP contribution < -0.4 is 16.4 Å². The number of nitrogens with one attached hydrogen (secondary N) is 2. The molecule has 104 valence electrons. The Balaban J connectivity index is 1.93. The maximum atomic E-state index is 11.9. The van der Waals surface area contributed by atoms with E-state index in [0.29, 0.717) is 16.4 Å². The molecule has 2 amide bonds. The molecule has 1 unspecified atom stereocenters. The lowest BCUT2D eigenvalue weighted by atomic mass is 10.1. The van der Waals surface area contributed by atoms with Crippen molar-refractivity contribution < 1.29 is 4.79 Å². The molecule has 1 atom stereocenters. The molecule has 0 aliphatic carbocycles. The molecule has 0 bridgehead atoms. The number of anilines is 2. The second-order valence-corrected chi connectivity index (χ2v) is 4.93. The molecule has 0 aliphatic rings. The summed E-state index contributed by atoms with van der Waals surface area (Å²) in [6, 6.07) is 14.0. The number of nitrogens with two attached hydrogens (primary N) is 1. The SMILES string of the molecule is CC(NC(=O)Nc1ccc(N)cc1)c1ccc(Cl)cc1. The molecule has 0 fully saturated rings. The van der Waals surface area contributed by atoms with Crippen molar-refractivity contribution >= 4 is 29.0 Å². The van der Waals surface area contributed by atoms with Crippen LogP contribution in [0.25, 0.3) is 0 Å². The first kappa shape index (κ1) is 14.2. The largest absolute Gasteiger partial charge is 0.399 e. The second kappa shape index (κ2) is 6.30. The van der Waals surface area contributed by atoms with E-state index < -0.39 is 0 Å². The van der Waals surface area contributed by atoms with Gasteiger partial charge in [0, 0.05) is 16.4 Å². The third-order valence-electron chi connectivity index (χ3n) is 2.89. The van der Waals surface area contributed by atoms with Gasteiger partial charge < -0.3 is 16.4 Å². The summed E-state index contributed by atoms with van der Waals surface area (Å²) in [5, 5.41) is 6.28. The Hall–Kier alpha value is -2.20. The average Bonchev–Trinajstić information content (AvgIpc) is 2.42. The summed E-state index contributed by atoms with van der Waals surface area (Å²) in [4.78, 5) is 11.9. The highest BCUT2D eigenvalue weighted by Crippen LogP contribution is 2.16. The van der Waals surface area contributed by atoms with Crippen LogP contribution in [-0.4, -0.2) is 6.03 Å². The predicted octanol–water partition coefficient (Wildman–Crippen LogP) is 3.80. The van der Waals surface area contributed by atoms with Crippen LogP contribution in [0.1, 0.15) is 18.5 Å². The number of hydrogen-bond donors (Lipinski definition) is 3. The molecule has 2 aromatic carbocycles. The molecule has 4 nitrogen and oxygen atoms in total. The quantitative estimate of drug-likeness (QED) is 0.752. The van der Waals surface area contributed by atoms with Gasteiger partial charge in [-0.05, 0) is 48.9 Å². The van der Waals surface area contributed by atoms with Crippen molar-refractivity contribution in [1.82, 2.24) is 5.32 Å². The first-order valence-corrected chi connectivity index (χ1v) is 6.61. The van der Waals surface area contributed by atoms with Crippen LogP contribution in [0.15, 0.2) is 48.5 Å². The van der Waals surface area contributed by atoms with E-state index in [2.05, 4.69) is 10.6 Å². The van der Waals surface area contributed by atoms with Crippen LogP contribution in [0.2, 0.25) is 5.02 Å². The summed E-state index contributed by atoms with van der Waals surface area (Å²) in [5.74, 6) is 0. The molecule has 2 aromatic rings. The summed E-state index contributed by atoms with van der Waals surface area (Å²) in [5.41, 5.74) is 7.93. The van der Waals surface area contributed by atoms with E-state index in [9.17, 15) is 4.79 Å². The zero-order valence-electron chi connectivity index (χ0n) is 11.1. The van der Waals surface area contributed by atoms with E-state index in [0.717, 1.165) is 5.56 Å². The van der Waals surface area contributed by atoms with Gasteiger partial charge in [-0.15, -0.1) is 0 Å². The zero-order valence-corrected chi connectivity index (χ0v) is 11.8. The molecular formula is C15H16ClN3O. The lowest BCUT2D eigenvalue weighted by molar-refractivity contribution is 0.249. The highest BCUT2D eigenvalue weighted by Gasteiger charge is 2.09. The number of urea groups is 1. The Morgan fingerprint density at radius 2 is 1.70 bits per heavy atom. The number of halogens is 1. The lowest BCUT2D eigenvalue weighted by Gasteiger charge is -2.15. The normalized spacial score (nSPS) is 11.7. The van der Waals surface area contributed by atoms with Gasteiger partial charge in [-0.25, -0.2) is 4.79 Å². The summed E-state index contributed by atoms with van der Waals surface area (Å²) >= 11 is 5.83. The van der Waals surface area contributed by atoms with Gasteiger partial charge in [0.1, 0.15) is 0 Å². The van der Waals surface area contributed by atoms with E-state index >= 15 is 0 Å². The fourth-order valence-electron chi connectivity index (χ4n) is 1.77. The van der Waals surface area contributed by atoms with Crippen molar-refractivity contribution in [2.45, 2.75) is 13.0 Å². The molecule has 0 aliphatic heterocycles. The minimum Gasteiger partial charge on any atom is -0.399 e. The molecule has 0 aromatic heterocycles. The van der Waals surface area contributed by atoms with Crippen molar-refractivity contribution in [2.75, 3.05) is 11.1 Å². The van der Waals surface area contributed by atoms with Gasteiger partial charge in [0.15, 0.2) is 0 Å². The topological polar surface area (TPSA) is 67.2 Å². The van der Waals surface area contributed by atoms with E-state index in [-0.39, 0.29) is 12.1 Å². The molecule has 4 N–H and O–H groups in total. The standard InChI is InChI=1S/C15H16ClN3O/c1-10(11-2-4-12(16)5-3-11)18-15(20)19-14-8-6-13(17)7-9-14/h2-10H,17H2,1H3,(H2,18,19,20). The summed E-state index contributed by atoms with van der Waals surface area (Å²) in [6.45, 7) is 1.91. The third kappa shape index (κ3) is 3.90. The molecule has 0 spiro atoms. The molecule has 0 saturated carbocycles. The van der Waals surface area contributed by atoms with Gasteiger partial charge in [-0.3, -0.25) is 0 Å². The Kier molecular flexibility index (Phi) is 4.48. The third-order valence-corrected chi connectivity index (χ3v) is 3.14. The van der Waals surface area contributed by atoms with Crippen LogP contribution in [0.4, 0.5) is 16.2 Å². The Bertz CT molecular complexity index is 581. The zero-order chi connectivity index (χ0) is 14.5. The van der Waals surface area contributed by atoms with Gasteiger partial charge in [-0.2, -0.15) is 0 Å². The molecule has 5 heteroatoms. The van der Waals surface area contributed by atoms with Crippen molar-refractivity contribution in [3.63, 3.8) is 0 Å². The molecule has 0 saturated heterocycles. The Labute approximate surface area is 122 Å². The maximum absolute atomic E-state index is 11.9. The number of nitrogen functional groups attached to an aromatic ring is 1. The van der Waals surface area contributed by atoms with E-state index in [1.807, 2.05) is 19.1 Å². The highest BCUT2D eigenvalue weighted by molar-refractivity contribution is 6.30. The minimum atomic E-state index is -0.266. The first-order valence-electron chi connectivity index (χ1n) is 6.23. The number of hydrogen-bond acceptors (Lipinski definition) is 2. The highest BCUT2D eigenvalue weighted by atomic mass is 35.5. The maximum Gasteiger partial charge on any atom is 0.319 e. The van der Waals surface area contributed by atoms with Crippen LogP contribution in [-0.2, 0) is 0 Å². The second-order valence-electron chi connectivity index (χ2n) is 4.49. The van der Waals surface area contributed by atoms with Gasteiger partial charge >= 0.3 is 6.03 Å². The number of carbonyl (C=O) groups is 1.